The number of carbonyl (C=O) groups is 1. The number of hydrogen-bond acceptors (Lipinski definition) is 4. The van der Waals surface area contributed by atoms with Crippen LogP contribution >= 0.6 is 35.0 Å². The van der Waals surface area contributed by atoms with E-state index in [0.717, 1.165) is 11.5 Å². The minimum atomic E-state index is -0.398. The van der Waals surface area contributed by atoms with E-state index in [-0.39, 0.29) is 5.91 Å². The SMILES string of the molecule is O=C(c1cnc2ccc(F)cc2c1Nc1ccc(Cl)c(Cl)c1)N1CCSCC1. The van der Waals surface area contributed by atoms with Gasteiger partial charge in [0.05, 0.1) is 26.8 Å². The van der Waals surface area contributed by atoms with E-state index in [2.05, 4.69) is 10.3 Å². The van der Waals surface area contributed by atoms with Gasteiger partial charge in [0.25, 0.3) is 5.91 Å². The monoisotopic (exact) mass is 435 g/mol. The summed E-state index contributed by atoms with van der Waals surface area (Å²) in [5, 5.41) is 4.58. The fraction of sp³-hybridized carbons (Fsp3) is 0.200. The van der Waals surface area contributed by atoms with Crippen molar-refractivity contribution >= 4 is 63.1 Å². The molecule has 1 aliphatic heterocycles. The fourth-order valence-corrected chi connectivity index (χ4v) is 4.32. The number of pyridine rings is 1. The molecule has 2 aromatic carbocycles. The maximum Gasteiger partial charge on any atom is 0.257 e. The van der Waals surface area contributed by atoms with Gasteiger partial charge in [0.1, 0.15) is 5.82 Å². The van der Waals surface area contributed by atoms with Crippen molar-refractivity contribution in [1.29, 1.82) is 0 Å². The van der Waals surface area contributed by atoms with Gasteiger partial charge in [-0.1, -0.05) is 23.2 Å². The molecule has 1 saturated heterocycles. The van der Waals surface area contributed by atoms with Crippen LogP contribution in [0.15, 0.2) is 42.6 Å². The Hall–Kier alpha value is -2.02. The molecule has 0 radical (unpaired) electrons. The van der Waals surface area contributed by atoms with Gasteiger partial charge in [-0.2, -0.15) is 11.8 Å². The molecule has 4 rings (SSSR count). The van der Waals surface area contributed by atoms with Gasteiger partial charge < -0.3 is 10.2 Å². The molecule has 1 amide bonds. The van der Waals surface area contributed by atoms with E-state index < -0.39 is 5.82 Å². The number of fused-ring (bicyclic) bond motifs is 1. The maximum absolute atomic E-state index is 14.0. The van der Waals surface area contributed by atoms with Crippen LogP contribution < -0.4 is 5.32 Å². The highest BCUT2D eigenvalue weighted by molar-refractivity contribution is 7.99. The molecular weight excluding hydrogens is 420 g/mol. The molecule has 1 fully saturated rings. The van der Waals surface area contributed by atoms with Crippen molar-refractivity contribution in [2.45, 2.75) is 0 Å². The largest absolute Gasteiger partial charge is 0.354 e. The molecular formula is C20H16Cl2FN3OS. The summed E-state index contributed by atoms with van der Waals surface area (Å²) in [6, 6.07) is 9.41. The first-order valence-electron chi connectivity index (χ1n) is 8.70. The Morgan fingerprint density at radius 3 is 2.64 bits per heavy atom. The van der Waals surface area contributed by atoms with Crippen LogP contribution in [0.3, 0.4) is 0 Å². The molecule has 0 bridgehead atoms. The summed E-state index contributed by atoms with van der Waals surface area (Å²) in [6.07, 6.45) is 1.55. The van der Waals surface area contributed by atoms with Crippen LogP contribution in [0, 0.1) is 5.82 Å². The van der Waals surface area contributed by atoms with Gasteiger partial charge >= 0.3 is 0 Å². The van der Waals surface area contributed by atoms with E-state index in [9.17, 15) is 9.18 Å². The number of benzene rings is 2. The summed E-state index contributed by atoms with van der Waals surface area (Å²) in [5.74, 6) is 1.28. The van der Waals surface area contributed by atoms with Gasteiger partial charge in [-0.15, -0.1) is 0 Å². The zero-order valence-corrected chi connectivity index (χ0v) is 17.0. The Morgan fingerprint density at radius 1 is 1.11 bits per heavy atom. The predicted octanol–water partition coefficient (Wildman–Crippen LogP) is 5.61. The molecule has 0 aliphatic carbocycles. The fourth-order valence-electron chi connectivity index (χ4n) is 3.12. The standard InChI is InChI=1S/C20H16Cl2FN3OS/c21-16-3-2-13(10-17(16)22)25-19-14-9-12(23)1-4-18(14)24-11-15(19)20(27)26-5-7-28-8-6-26/h1-4,9-11H,5-8H2,(H,24,25). The lowest BCUT2D eigenvalue weighted by Crippen LogP contribution is -2.38. The topological polar surface area (TPSA) is 45.2 Å². The van der Waals surface area contributed by atoms with E-state index in [4.69, 9.17) is 23.2 Å². The number of rotatable bonds is 3. The highest BCUT2D eigenvalue weighted by Crippen LogP contribution is 2.33. The van der Waals surface area contributed by atoms with Crippen molar-refractivity contribution in [2.75, 3.05) is 29.9 Å². The first kappa shape index (κ1) is 19.3. The number of nitrogens with zero attached hydrogens (tertiary/aromatic N) is 2. The van der Waals surface area contributed by atoms with Gasteiger partial charge in [0.15, 0.2) is 0 Å². The third kappa shape index (κ3) is 3.90. The Bertz CT molecular complexity index is 1060. The molecule has 3 aromatic rings. The Balaban J connectivity index is 1.83. The lowest BCUT2D eigenvalue weighted by molar-refractivity contribution is 0.0773. The Labute approximate surface area is 176 Å². The van der Waals surface area contributed by atoms with Gasteiger partial charge in [0, 0.05) is 41.9 Å². The Kier molecular flexibility index (Phi) is 5.62. The average molecular weight is 436 g/mol. The summed E-state index contributed by atoms with van der Waals surface area (Å²) in [7, 11) is 0. The molecule has 28 heavy (non-hydrogen) atoms. The molecule has 1 N–H and O–H groups in total. The number of carbonyl (C=O) groups excluding carboxylic acids is 1. The van der Waals surface area contributed by atoms with Crippen molar-refractivity contribution in [3.05, 3.63) is 64.0 Å². The summed E-state index contributed by atoms with van der Waals surface area (Å²) in [4.78, 5) is 19.3. The number of halogens is 3. The summed E-state index contributed by atoms with van der Waals surface area (Å²) >= 11 is 14.0. The number of amides is 1. The molecule has 144 valence electrons. The minimum Gasteiger partial charge on any atom is -0.354 e. The average Bonchev–Trinajstić information content (AvgIpc) is 2.71. The smallest absolute Gasteiger partial charge is 0.257 e. The normalized spacial score (nSPS) is 14.3. The number of thioether (sulfide) groups is 1. The van der Waals surface area contributed by atoms with E-state index in [1.54, 1.807) is 35.4 Å². The number of aromatic nitrogens is 1. The second-order valence-electron chi connectivity index (χ2n) is 6.37. The third-order valence-electron chi connectivity index (χ3n) is 4.55. The number of hydrogen-bond donors (Lipinski definition) is 1. The molecule has 8 heteroatoms. The van der Waals surface area contributed by atoms with Gasteiger partial charge in [-0.25, -0.2) is 4.39 Å². The van der Waals surface area contributed by atoms with Crippen LogP contribution in [-0.2, 0) is 0 Å². The van der Waals surface area contributed by atoms with Gasteiger partial charge in [-0.05, 0) is 36.4 Å². The van der Waals surface area contributed by atoms with Crippen molar-refractivity contribution in [3.8, 4) is 0 Å². The quantitative estimate of drug-likeness (QED) is 0.580. The zero-order chi connectivity index (χ0) is 19.7. The van der Waals surface area contributed by atoms with Crippen LogP contribution in [-0.4, -0.2) is 40.4 Å². The van der Waals surface area contributed by atoms with Crippen LogP contribution in [0.25, 0.3) is 10.9 Å². The summed E-state index contributed by atoms with van der Waals surface area (Å²) < 4.78 is 14.0. The number of nitrogens with one attached hydrogen (secondary N) is 1. The molecule has 1 aliphatic rings. The predicted molar refractivity (Wildman–Crippen MR) is 115 cm³/mol. The molecule has 1 aromatic heterocycles. The third-order valence-corrected chi connectivity index (χ3v) is 6.23. The zero-order valence-electron chi connectivity index (χ0n) is 14.7. The van der Waals surface area contributed by atoms with Crippen molar-refractivity contribution < 1.29 is 9.18 Å². The van der Waals surface area contributed by atoms with Crippen LogP contribution in [0.2, 0.25) is 10.0 Å². The summed E-state index contributed by atoms with van der Waals surface area (Å²) in [5.41, 5.74) is 2.14. The Morgan fingerprint density at radius 2 is 1.89 bits per heavy atom. The number of anilines is 2. The molecule has 2 heterocycles. The first-order valence-corrected chi connectivity index (χ1v) is 10.6. The van der Waals surface area contributed by atoms with Gasteiger partial charge in [0.2, 0.25) is 0 Å². The van der Waals surface area contributed by atoms with E-state index >= 15 is 0 Å². The van der Waals surface area contributed by atoms with E-state index in [1.165, 1.54) is 12.1 Å². The van der Waals surface area contributed by atoms with E-state index in [1.807, 2.05) is 11.8 Å². The van der Waals surface area contributed by atoms with Crippen molar-refractivity contribution in [1.82, 2.24) is 9.88 Å². The lowest BCUT2D eigenvalue weighted by atomic mass is 10.1. The highest BCUT2D eigenvalue weighted by Gasteiger charge is 2.23. The molecule has 0 saturated carbocycles. The second kappa shape index (κ2) is 8.15. The highest BCUT2D eigenvalue weighted by atomic mass is 35.5. The first-order chi connectivity index (χ1) is 13.5. The summed E-state index contributed by atoms with van der Waals surface area (Å²) in [6.45, 7) is 1.35. The lowest BCUT2D eigenvalue weighted by Gasteiger charge is -2.27. The van der Waals surface area contributed by atoms with Crippen molar-refractivity contribution in [2.24, 2.45) is 0 Å². The van der Waals surface area contributed by atoms with E-state index in [0.29, 0.717) is 51.0 Å². The molecule has 0 atom stereocenters. The van der Waals surface area contributed by atoms with Crippen LogP contribution in [0.1, 0.15) is 10.4 Å². The van der Waals surface area contributed by atoms with Crippen LogP contribution in [0.5, 0.6) is 0 Å². The van der Waals surface area contributed by atoms with Crippen molar-refractivity contribution in [3.63, 3.8) is 0 Å². The molecule has 0 unspecified atom stereocenters. The maximum atomic E-state index is 14.0. The van der Waals surface area contributed by atoms with Gasteiger partial charge in [-0.3, -0.25) is 9.78 Å². The minimum absolute atomic E-state index is 0.124. The molecule has 4 nitrogen and oxygen atoms in total. The molecule has 0 spiro atoms. The van der Waals surface area contributed by atoms with Crippen LogP contribution in [0.4, 0.5) is 15.8 Å². The second-order valence-corrected chi connectivity index (χ2v) is 8.41.